The van der Waals surface area contributed by atoms with Crippen LogP contribution in [0.4, 0.5) is 0 Å². The lowest BCUT2D eigenvalue weighted by Crippen LogP contribution is -2.17. The van der Waals surface area contributed by atoms with E-state index in [4.69, 9.17) is 33.5 Å². The first-order chi connectivity index (χ1) is 16.5. The summed E-state index contributed by atoms with van der Waals surface area (Å²) in [5.41, 5.74) is 0. The second kappa shape index (κ2) is 24.1. The highest BCUT2D eigenvalue weighted by atomic mass is 16.6. The van der Waals surface area contributed by atoms with Gasteiger partial charge in [-0.15, -0.1) is 0 Å². The van der Waals surface area contributed by atoms with Crippen LogP contribution < -0.4 is 0 Å². The third-order valence-corrected chi connectivity index (χ3v) is 4.38. The fourth-order valence-corrected chi connectivity index (χ4v) is 2.53. The topological polar surface area (TPSA) is 144 Å². The molecule has 0 atom stereocenters. The normalized spacial score (nSPS) is 10.7. The standard InChI is InChI=1S/C23H40O11/c1-2-3-4-5-6-7-21(25)33-18-16-31-14-12-29-10-11-30-13-15-32-17-19-34-22(26)9-8-20(24)23(27)28/h2-19H2,1H3,(H,27,28). The summed E-state index contributed by atoms with van der Waals surface area (Å²) < 4.78 is 31.2. The Morgan fingerprint density at radius 2 is 0.941 bits per heavy atom. The maximum atomic E-state index is 11.5. The molecular weight excluding hydrogens is 452 g/mol. The van der Waals surface area contributed by atoms with Crippen molar-refractivity contribution in [2.45, 2.75) is 58.3 Å². The van der Waals surface area contributed by atoms with Gasteiger partial charge in [0.25, 0.3) is 0 Å². The van der Waals surface area contributed by atoms with Gasteiger partial charge in [0, 0.05) is 12.8 Å². The van der Waals surface area contributed by atoms with Crippen LogP contribution in [0, 0.1) is 0 Å². The molecule has 0 aromatic heterocycles. The number of Topliss-reactive ketones (excluding diaryl/α,β-unsaturated/α-hetero) is 1. The van der Waals surface area contributed by atoms with E-state index in [0.29, 0.717) is 52.7 Å². The molecule has 1 N–H and O–H groups in total. The third kappa shape index (κ3) is 23.1. The predicted octanol–water partition coefficient (Wildman–Crippen LogP) is 1.93. The zero-order valence-corrected chi connectivity index (χ0v) is 20.3. The molecule has 0 aromatic carbocycles. The van der Waals surface area contributed by atoms with Crippen molar-refractivity contribution < 1.29 is 52.7 Å². The van der Waals surface area contributed by atoms with Crippen LogP contribution in [0.1, 0.15) is 58.3 Å². The van der Waals surface area contributed by atoms with E-state index in [1.165, 1.54) is 12.8 Å². The number of hydrogen-bond acceptors (Lipinski definition) is 10. The summed E-state index contributed by atoms with van der Waals surface area (Å²) in [7, 11) is 0. The number of unbranched alkanes of at least 4 members (excludes halogenated alkanes) is 4. The molecule has 0 saturated carbocycles. The average Bonchev–Trinajstić information content (AvgIpc) is 2.81. The second-order valence-corrected chi connectivity index (χ2v) is 7.28. The van der Waals surface area contributed by atoms with Gasteiger partial charge < -0.3 is 33.5 Å². The molecule has 0 spiro atoms. The molecule has 0 amide bonds. The molecule has 198 valence electrons. The number of carboxylic acid groups (broad SMARTS) is 1. The molecule has 0 unspecified atom stereocenters. The molecule has 0 radical (unpaired) electrons. The zero-order valence-electron chi connectivity index (χ0n) is 20.3. The SMILES string of the molecule is CCCCCCCC(=O)OCCOCCOCCOCCOCCOC(=O)CCC(=O)C(=O)O. The molecule has 11 heteroatoms. The molecule has 0 aliphatic heterocycles. The number of hydrogen-bond donors (Lipinski definition) is 1. The van der Waals surface area contributed by atoms with Gasteiger partial charge in [0.2, 0.25) is 5.78 Å². The zero-order chi connectivity index (χ0) is 25.3. The molecule has 0 aromatic rings. The highest BCUT2D eigenvalue weighted by Crippen LogP contribution is 2.05. The minimum absolute atomic E-state index is 0.0153. The van der Waals surface area contributed by atoms with Crippen molar-refractivity contribution in [1.29, 1.82) is 0 Å². The van der Waals surface area contributed by atoms with E-state index in [2.05, 4.69) is 6.92 Å². The van der Waals surface area contributed by atoms with Crippen molar-refractivity contribution >= 4 is 23.7 Å². The molecule has 0 aliphatic carbocycles. The van der Waals surface area contributed by atoms with Crippen LogP contribution in [0.5, 0.6) is 0 Å². The van der Waals surface area contributed by atoms with Gasteiger partial charge in [-0.3, -0.25) is 14.4 Å². The Hall–Kier alpha value is -2.08. The van der Waals surface area contributed by atoms with E-state index in [1.54, 1.807) is 0 Å². The lowest BCUT2D eigenvalue weighted by Gasteiger charge is -2.08. The largest absolute Gasteiger partial charge is 0.476 e. The van der Waals surface area contributed by atoms with E-state index < -0.39 is 17.7 Å². The molecule has 0 bridgehead atoms. The minimum atomic E-state index is -1.56. The quantitative estimate of drug-likeness (QED) is 0.113. The summed E-state index contributed by atoms with van der Waals surface area (Å²) in [4.78, 5) is 44.0. The summed E-state index contributed by atoms with van der Waals surface area (Å²) >= 11 is 0. The summed E-state index contributed by atoms with van der Waals surface area (Å²) in [6.45, 7) is 5.22. The van der Waals surface area contributed by atoms with E-state index >= 15 is 0 Å². The molecule has 0 aliphatic rings. The van der Waals surface area contributed by atoms with Crippen LogP contribution in [0.2, 0.25) is 0 Å². The fourth-order valence-electron chi connectivity index (χ4n) is 2.53. The molecule has 11 nitrogen and oxygen atoms in total. The minimum Gasteiger partial charge on any atom is -0.476 e. The number of esters is 2. The van der Waals surface area contributed by atoms with Crippen LogP contribution in [-0.4, -0.2) is 94.9 Å². The smallest absolute Gasteiger partial charge is 0.372 e. The first-order valence-corrected chi connectivity index (χ1v) is 11.9. The first-order valence-electron chi connectivity index (χ1n) is 11.9. The van der Waals surface area contributed by atoms with Crippen LogP contribution in [0.3, 0.4) is 0 Å². The highest BCUT2D eigenvalue weighted by Gasteiger charge is 2.14. The Morgan fingerprint density at radius 3 is 1.38 bits per heavy atom. The third-order valence-electron chi connectivity index (χ3n) is 4.38. The summed E-state index contributed by atoms with van der Waals surface area (Å²) in [6.07, 6.45) is 5.30. The second-order valence-electron chi connectivity index (χ2n) is 7.28. The molecule has 0 rings (SSSR count). The molecule has 34 heavy (non-hydrogen) atoms. The van der Waals surface area contributed by atoms with Gasteiger partial charge in [-0.25, -0.2) is 4.79 Å². The van der Waals surface area contributed by atoms with Crippen molar-refractivity contribution in [2.75, 3.05) is 66.1 Å². The van der Waals surface area contributed by atoms with Gasteiger partial charge in [0.05, 0.1) is 59.3 Å². The van der Waals surface area contributed by atoms with E-state index in [1.807, 2.05) is 0 Å². The molecule has 0 heterocycles. The lowest BCUT2D eigenvalue weighted by atomic mass is 10.1. The highest BCUT2D eigenvalue weighted by molar-refractivity contribution is 6.32. The van der Waals surface area contributed by atoms with Gasteiger partial charge in [0.15, 0.2) is 0 Å². The number of rotatable bonds is 25. The van der Waals surface area contributed by atoms with Crippen molar-refractivity contribution in [3.63, 3.8) is 0 Å². The van der Waals surface area contributed by atoms with Gasteiger partial charge in [-0.05, 0) is 6.42 Å². The molecule has 0 saturated heterocycles. The Kier molecular flexibility index (Phi) is 22.6. The molecule has 0 fully saturated rings. The Bertz CT molecular complexity index is 551. The van der Waals surface area contributed by atoms with Crippen LogP contribution in [0.15, 0.2) is 0 Å². The number of carboxylic acids is 1. The van der Waals surface area contributed by atoms with E-state index in [0.717, 1.165) is 19.3 Å². The van der Waals surface area contributed by atoms with Crippen molar-refractivity contribution in [3.05, 3.63) is 0 Å². The summed E-state index contributed by atoms with van der Waals surface area (Å²) in [5.74, 6) is -3.41. The maximum Gasteiger partial charge on any atom is 0.372 e. The summed E-state index contributed by atoms with van der Waals surface area (Å²) in [5, 5.41) is 8.40. The number of carbonyl (C=O) groups is 4. The van der Waals surface area contributed by atoms with Gasteiger partial charge in [-0.2, -0.15) is 0 Å². The van der Waals surface area contributed by atoms with E-state index in [9.17, 15) is 19.2 Å². The lowest BCUT2D eigenvalue weighted by molar-refractivity contribution is -0.151. The Balaban J connectivity index is 3.24. The predicted molar refractivity (Wildman–Crippen MR) is 120 cm³/mol. The van der Waals surface area contributed by atoms with Crippen LogP contribution in [-0.2, 0) is 47.6 Å². The van der Waals surface area contributed by atoms with Gasteiger partial charge in [0.1, 0.15) is 13.2 Å². The summed E-state index contributed by atoms with van der Waals surface area (Å²) in [6, 6.07) is 0. The molecular formula is C23H40O11. The van der Waals surface area contributed by atoms with Gasteiger partial charge in [-0.1, -0.05) is 32.6 Å². The van der Waals surface area contributed by atoms with Crippen LogP contribution >= 0.6 is 0 Å². The number of aliphatic carboxylic acids is 1. The van der Waals surface area contributed by atoms with E-state index in [-0.39, 0.29) is 38.6 Å². The Morgan fingerprint density at radius 1 is 0.529 bits per heavy atom. The van der Waals surface area contributed by atoms with Crippen molar-refractivity contribution in [2.24, 2.45) is 0 Å². The maximum absolute atomic E-state index is 11.5. The van der Waals surface area contributed by atoms with Gasteiger partial charge >= 0.3 is 17.9 Å². The Labute approximate surface area is 201 Å². The number of carbonyl (C=O) groups excluding carboxylic acids is 3. The van der Waals surface area contributed by atoms with Crippen molar-refractivity contribution in [1.82, 2.24) is 0 Å². The fraction of sp³-hybridized carbons (Fsp3) is 0.826. The monoisotopic (exact) mass is 492 g/mol. The number of ether oxygens (including phenoxy) is 6. The average molecular weight is 493 g/mol. The van der Waals surface area contributed by atoms with Crippen LogP contribution in [0.25, 0.3) is 0 Å². The first kappa shape index (κ1) is 31.9. The number of ketones is 1. The van der Waals surface area contributed by atoms with Crippen molar-refractivity contribution in [3.8, 4) is 0 Å².